The molecule has 0 radical (unpaired) electrons. The number of ketones is 1. The summed E-state index contributed by atoms with van der Waals surface area (Å²) < 4.78 is 32.9. The quantitative estimate of drug-likeness (QED) is 0.0665. The number of hydrogen-bond acceptors (Lipinski definition) is 10. The van der Waals surface area contributed by atoms with Crippen molar-refractivity contribution in [2.75, 3.05) is 5.43 Å². The molecule has 220 valence electrons. The van der Waals surface area contributed by atoms with E-state index < -0.39 is 27.8 Å². The van der Waals surface area contributed by atoms with Gasteiger partial charge in [-0.15, -0.1) is 5.11 Å². The number of allylic oxidation sites excluding steroid dienone is 3. The number of rotatable bonds is 9. The molecule has 1 aliphatic carbocycles. The molecule has 1 aromatic heterocycles. The van der Waals surface area contributed by atoms with Gasteiger partial charge in [-0.25, -0.2) is 14.3 Å². The largest absolute Gasteiger partial charge is 0.478 e. The smallest absolute Gasteiger partial charge is 0.358 e. The van der Waals surface area contributed by atoms with Crippen LogP contribution < -0.4 is 5.43 Å². The van der Waals surface area contributed by atoms with Crippen LogP contribution in [-0.4, -0.2) is 56.4 Å². The van der Waals surface area contributed by atoms with Gasteiger partial charge in [0, 0.05) is 0 Å². The van der Waals surface area contributed by atoms with Crippen LogP contribution in [0.4, 0.5) is 17.1 Å². The minimum absolute atomic E-state index is 0.0305. The molecular formula is C29H20N6O8S. The number of aromatic nitrogens is 2. The Morgan fingerprint density at radius 3 is 2.05 bits per heavy atom. The molecule has 4 aromatic rings. The Balaban J connectivity index is 1.27. The maximum Gasteiger partial charge on any atom is 0.358 e. The van der Waals surface area contributed by atoms with Gasteiger partial charge in [0.2, 0.25) is 0 Å². The van der Waals surface area contributed by atoms with E-state index >= 15 is 0 Å². The number of nitrogens with one attached hydrogen (secondary N) is 1. The van der Waals surface area contributed by atoms with Crippen LogP contribution in [0.25, 0.3) is 16.8 Å². The third-order valence-electron chi connectivity index (χ3n) is 6.16. The first-order valence-corrected chi connectivity index (χ1v) is 14.0. The summed E-state index contributed by atoms with van der Waals surface area (Å²) in [4.78, 5) is 34.1. The van der Waals surface area contributed by atoms with Gasteiger partial charge in [-0.3, -0.25) is 14.8 Å². The lowest BCUT2D eigenvalue weighted by molar-refractivity contribution is -0.134. The molecule has 0 aliphatic heterocycles. The summed E-state index contributed by atoms with van der Waals surface area (Å²) in [6.45, 7) is 0. The van der Waals surface area contributed by atoms with Crippen LogP contribution in [-0.2, 0) is 19.7 Å². The summed E-state index contributed by atoms with van der Waals surface area (Å²) in [7, 11) is -4.38. The predicted molar refractivity (Wildman–Crippen MR) is 157 cm³/mol. The third-order valence-corrected chi connectivity index (χ3v) is 7.03. The summed E-state index contributed by atoms with van der Waals surface area (Å²) in [6.07, 6.45) is 5.07. The van der Waals surface area contributed by atoms with Crippen molar-refractivity contribution >= 4 is 50.6 Å². The highest BCUT2D eigenvalue weighted by Crippen LogP contribution is 2.27. The highest BCUT2D eigenvalue weighted by atomic mass is 32.2. The fourth-order valence-electron chi connectivity index (χ4n) is 3.95. The van der Waals surface area contributed by atoms with Crippen LogP contribution in [0, 0.1) is 0 Å². The molecule has 14 nitrogen and oxygen atoms in total. The van der Waals surface area contributed by atoms with E-state index in [-0.39, 0.29) is 27.6 Å². The van der Waals surface area contributed by atoms with Gasteiger partial charge < -0.3 is 10.2 Å². The summed E-state index contributed by atoms with van der Waals surface area (Å²) >= 11 is 0. The van der Waals surface area contributed by atoms with Gasteiger partial charge in [0.05, 0.1) is 33.9 Å². The van der Waals surface area contributed by atoms with Crippen molar-refractivity contribution in [1.29, 1.82) is 0 Å². The molecule has 1 aliphatic rings. The number of carboxylic acids is 2. The first-order valence-electron chi connectivity index (χ1n) is 12.5. The lowest BCUT2D eigenvalue weighted by atomic mass is 10.0. The van der Waals surface area contributed by atoms with Gasteiger partial charge in [0.1, 0.15) is 11.3 Å². The maximum atomic E-state index is 11.7. The fraction of sp³-hybridized carbons (Fsp3) is 0. The number of aliphatic carboxylic acids is 1. The first-order chi connectivity index (χ1) is 21.0. The zero-order chi connectivity index (χ0) is 31.4. The van der Waals surface area contributed by atoms with Gasteiger partial charge in [-0.1, -0.05) is 24.3 Å². The van der Waals surface area contributed by atoms with E-state index in [0.29, 0.717) is 17.1 Å². The van der Waals surface area contributed by atoms with Crippen molar-refractivity contribution in [3.05, 3.63) is 108 Å². The van der Waals surface area contributed by atoms with Crippen LogP contribution in [0.15, 0.2) is 123 Å². The van der Waals surface area contributed by atoms with Crippen LogP contribution in [0.2, 0.25) is 0 Å². The van der Waals surface area contributed by atoms with E-state index in [2.05, 4.69) is 25.9 Å². The Hall–Kier alpha value is -6.06. The van der Waals surface area contributed by atoms with E-state index in [1.54, 1.807) is 36.4 Å². The first kappa shape index (κ1) is 29.4. The molecule has 15 heteroatoms. The molecule has 0 atom stereocenters. The van der Waals surface area contributed by atoms with E-state index in [9.17, 15) is 27.9 Å². The topological polar surface area (TPSA) is 213 Å². The molecule has 0 unspecified atom stereocenters. The van der Waals surface area contributed by atoms with Crippen molar-refractivity contribution in [1.82, 2.24) is 9.78 Å². The number of hydrazone groups is 1. The molecular weight excluding hydrogens is 592 g/mol. The summed E-state index contributed by atoms with van der Waals surface area (Å²) in [5.41, 5.74) is 5.48. The Morgan fingerprint density at radius 1 is 0.818 bits per heavy atom. The molecule has 0 amide bonds. The molecule has 1 heterocycles. The minimum Gasteiger partial charge on any atom is -0.478 e. The number of benzene rings is 3. The second kappa shape index (κ2) is 12.0. The number of hydrogen-bond donors (Lipinski definition) is 4. The second-order valence-corrected chi connectivity index (χ2v) is 10.5. The standard InChI is InChI=1S/C29H20N6O8S/c36-26-14-9-21(15-24(26)28(37)38)32-30-19-5-1-17(2-6-19)18-3-7-20(8-4-18)31-33-25-16-35(34-27(25)29(39)40)22-10-12-23(13-11-22)44(41,42)43/h1-16,30H,(H,37,38)(H,39,40)(H,41,42,43)/b32-21+,33-31?. The number of anilines is 1. The van der Waals surface area contributed by atoms with Gasteiger partial charge in [-0.05, 0) is 77.9 Å². The van der Waals surface area contributed by atoms with Crippen LogP contribution >= 0.6 is 0 Å². The van der Waals surface area contributed by atoms with Crippen LogP contribution in [0.3, 0.4) is 0 Å². The molecule has 0 bridgehead atoms. The molecule has 4 N–H and O–H groups in total. The van der Waals surface area contributed by atoms with Crippen LogP contribution in [0.1, 0.15) is 10.5 Å². The number of carboxylic acid groups (broad SMARTS) is 2. The van der Waals surface area contributed by atoms with Gasteiger partial charge in [-0.2, -0.15) is 23.7 Å². The number of carbonyl (C=O) groups excluding carboxylic acids is 1. The SMILES string of the molecule is O=C(O)C1=C/C(=N/Nc2ccc(-c3ccc(N=Nc4cn(-c5ccc(S(=O)(=O)O)cc5)nc4C(=O)O)cc3)cc2)C=CC1=O. The van der Waals surface area contributed by atoms with E-state index in [0.717, 1.165) is 29.3 Å². The normalized spacial score (nSPS) is 14.2. The summed E-state index contributed by atoms with van der Waals surface area (Å²) in [6, 6.07) is 19.2. The summed E-state index contributed by atoms with van der Waals surface area (Å²) in [5.74, 6) is -3.26. The summed E-state index contributed by atoms with van der Waals surface area (Å²) in [5, 5.41) is 34.9. The fourth-order valence-corrected chi connectivity index (χ4v) is 4.43. The van der Waals surface area contributed by atoms with Crippen molar-refractivity contribution < 1.29 is 37.6 Å². The molecule has 0 spiro atoms. The Bertz CT molecular complexity index is 2010. The Kier molecular flexibility index (Phi) is 8.06. The number of nitrogens with zero attached hydrogens (tertiary/aromatic N) is 5. The number of aromatic carboxylic acids is 1. The zero-order valence-electron chi connectivity index (χ0n) is 22.3. The second-order valence-electron chi connectivity index (χ2n) is 9.12. The monoisotopic (exact) mass is 612 g/mol. The molecule has 5 rings (SSSR count). The average Bonchev–Trinajstić information content (AvgIpc) is 3.44. The van der Waals surface area contributed by atoms with E-state index in [1.807, 2.05) is 12.1 Å². The van der Waals surface area contributed by atoms with Crippen molar-refractivity contribution in [2.45, 2.75) is 4.90 Å². The van der Waals surface area contributed by atoms with Gasteiger partial charge in [0.15, 0.2) is 11.5 Å². The minimum atomic E-state index is -4.38. The van der Waals surface area contributed by atoms with Crippen molar-refractivity contribution in [3.8, 4) is 16.8 Å². The highest BCUT2D eigenvalue weighted by Gasteiger charge is 2.19. The molecule has 0 saturated heterocycles. The highest BCUT2D eigenvalue weighted by molar-refractivity contribution is 7.85. The molecule has 0 saturated carbocycles. The van der Waals surface area contributed by atoms with Crippen molar-refractivity contribution in [3.63, 3.8) is 0 Å². The Morgan fingerprint density at radius 2 is 1.45 bits per heavy atom. The van der Waals surface area contributed by atoms with Crippen LogP contribution in [0.5, 0.6) is 0 Å². The molecule has 0 fully saturated rings. The van der Waals surface area contributed by atoms with E-state index in [4.69, 9.17) is 9.66 Å². The molecule has 3 aromatic carbocycles. The third kappa shape index (κ3) is 6.70. The van der Waals surface area contributed by atoms with E-state index in [1.165, 1.54) is 35.2 Å². The van der Waals surface area contributed by atoms with Crippen molar-refractivity contribution in [2.24, 2.45) is 15.3 Å². The molecule has 44 heavy (non-hydrogen) atoms. The zero-order valence-corrected chi connectivity index (χ0v) is 23.1. The predicted octanol–water partition coefficient (Wildman–Crippen LogP) is 4.82. The number of azo groups is 1. The average molecular weight is 613 g/mol. The lowest BCUT2D eigenvalue weighted by Gasteiger charge is -2.07. The van der Waals surface area contributed by atoms with Gasteiger partial charge >= 0.3 is 11.9 Å². The lowest BCUT2D eigenvalue weighted by Crippen LogP contribution is -2.15. The Labute approximate surface area is 248 Å². The number of carbonyl (C=O) groups is 3. The maximum absolute atomic E-state index is 11.7. The van der Waals surface area contributed by atoms with Gasteiger partial charge in [0.25, 0.3) is 10.1 Å².